The van der Waals surface area contributed by atoms with E-state index in [4.69, 9.17) is 0 Å². The van der Waals surface area contributed by atoms with Gasteiger partial charge in [0.25, 0.3) is 0 Å². The largest absolute Gasteiger partial charge is 0.416 e. The van der Waals surface area contributed by atoms with E-state index in [2.05, 4.69) is 4.98 Å². The number of aryl methyl sites for hydroxylation is 1. The molecular weight excluding hydrogens is 413 g/mol. The Labute approximate surface area is 174 Å². The molecule has 0 aliphatic heterocycles. The number of nitrogens with zero attached hydrogens (tertiary/aromatic N) is 2. The van der Waals surface area contributed by atoms with Gasteiger partial charge in [-0.25, -0.2) is 8.42 Å². The van der Waals surface area contributed by atoms with Crippen LogP contribution in [0.3, 0.4) is 0 Å². The average Bonchev–Trinajstić information content (AvgIpc) is 2.69. The summed E-state index contributed by atoms with van der Waals surface area (Å²) in [5, 5.41) is 0. The molecule has 0 bridgehead atoms. The maximum absolute atomic E-state index is 13.2. The molecule has 3 aromatic rings. The number of aromatic nitrogens is 1. The van der Waals surface area contributed by atoms with E-state index in [1.165, 1.54) is 16.4 Å². The second-order valence-corrected chi connectivity index (χ2v) is 8.98. The van der Waals surface area contributed by atoms with E-state index in [-0.39, 0.29) is 18.7 Å². The summed E-state index contributed by atoms with van der Waals surface area (Å²) in [6.45, 7) is 2.07. The van der Waals surface area contributed by atoms with Crippen LogP contribution in [0.25, 0.3) is 0 Å². The molecule has 0 N–H and O–H groups in total. The van der Waals surface area contributed by atoms with Crippen molar-refractivity contribution in [3.63, 3.8) is 0 Å². The van der Waals surface area contributed by atoms with Crippen LogP contribution < -0.4 is 0 Å². The number of benzene rings is 2. The van der Waals surface area contributed by atoms with Crippen LogP contribution in [0.1, 0.15) is 27.8 Å². The second kappa shape index (κ2) is 8.97. The molecule has 30 heavy (non-hydrogen) atoms. The summed E-state index contributed by atoms with van der Waals surface area (Å²) >= 11 is 0. The topological polar surface area (TPSA) is 50.3 Å². The van der Waals surface area contributed by atoms with Crippen molar-refractivity contribution < 1.29 is 21.6 Å². The van der Waals surface area contributed by atoms with Gasteiger partial charge < -0.3 is 0 Å². The Morgan fingerprint density at radius 1 is 0.933 bits per heavy atom. The van der Waals surface area contributed by atoms with Gasteiger partial charge in [-0.1, -0.05) is 48.5 Å². The second-order valence-electron chi connectivity index (χ2n) is 7.01. The summed E-state index contributed by atoms with van der Waals surface area (Å²) in [6, 6.07) is 15.3. The number of pyridine rings is 1. The number of alkyl halides is 3. The van der Waals surface area contributed by atoms with Gasteiger partial charge in [0.2, 0.25) is 10.0 Å². The molecule has 0 aliphatic rings. The van der Waals surface area contributed by atoms with Crippen molar-refractivity contribution in [1.82, 2.24) is 9.29 Å². The Kier molecular flexibility index (Phi) is 6.58. The van der Waals surface area contributed by atoms with Crippen LogP contribution in [-0.2, 0) is 35.0 Å². The molecule has 8 heteroatoms. The first-order valence-electron chi connectivity index (χ1n) is 9.22. The Morgan fingerprint density at radius 2 is 1.67 bits per heavy atom. The van der Waals surface area contributed by atoms with Crippen LogP contribution in [0.4, 0.5) is 13.2 Å². The van der Waals surface area contributed by atoms with E-state index in [9.17, 15) is 21.6 Å². The standard InChI is InChI=1S/C22H21F3N2O2S/c1-17-6-2-3-9-20(17)15-27(14-19-8-5-11-26-13-19)30(28,29)16-18-7-4-10-21(12-18)22(23,24)25/h2-13H,14-16H2,1H3. The fourth-order valence-electron chi connectivity index (χ4n) is 3.06. The summed E-state index contributed by atoms with van der Waals surface area (Å²) in [5.41, 5.74) is 1.68. The molecule has 0 spiro atoms. The molecule has 4 nitrogen and oxygen atoms in total. The molecule has 0 unspecified atom stereocenters. The zero-order valence-electron chi connectivity index (χ0n) is 16.3. The van der Waals surface area contributed by atoms with Crippen molar-refractivity contribution in [1.29, 1.82) is 0 Å². The third kappa shape index (κ3) is 5.67. The normalized spacial score (nSPS) is 12.3. The van der Waals surface area contributed by atoms with E-state index in [1.54, 1.807) is 24.5 Å². The molecule has 0 amide bonds. The Bertz CT molecular complexity index is 1100. The fourth-order valence-corrected chi connectivity index (χ4v) is 4.53. The van der Waals surface area contributed by atoms with Gasteiger partial charge in [0, 0.05) is 25.5 Å². The summed E-state index contributed by atoms with van der Waals surface area (Å²) < 4.78 is 66.7. The van der Waals surface area contributed by atoms with Crippen molar-refractivity contribution >= 4 is 10.0 Å². The Morgan fingerprint density at radius 3 is 2.33 bits per heavy atom. The minimum atomic E-state index is -4.53. The zero-order valence-corrected chi connectivity index (χ0v) is 17.1. The minimum absolute atomic E-state index is 0.0729. The molecule has 1 heterocycles. The van der Waals surface area contributed by atoms with E-state index in [0.717, 1.165) is 23.3 Å². The number of hydrogen-bond acceptors (Lipinski definition) is 3. The first-order valence-corrected chi connectivity index (χ1v) is 10.8. The maximum atomic E-state index is 13.2. The van der Waals surface area contributed by atoms with Gasteiger partial charge in [-0.3, -0.25) is 4.98 Å². The molecular formula is C22H21F3N2O2S. The van der Waals surface area contributed by atoms with Gasteiger partial charge in [-0.2, -0.15) is 17.5 Å². The number of hydrogen-bond donors (Lipinski definition) is 0. The van der Waals surface area contributed by atoms with Crippen LogP contribution in [0.5, 0.6) is 0 Å². The fraction of sp³-hybridized carbons (Fsp3) is 0.227. The third-order valence-electron chi connectivity index (χ3n) is 4.69. The van der Waals surface area contributed by atoms with E-state index >= 15 is 0 Å². The van der Waals surface area contributed by atoms with Crippen molar-refractivity contribution in [2.75, 3.05) is 0 Å². The summed E-state index contributed by atoms with van der Waals surface area (Å²) in [6.07, 6.45) is -1.37. The van der Waals surface area contributed by atoms with Crippen LogP contribution >= 0.6 is 0 Å². The van der Waals surface area contributed by atoms with E-state index in [1.807, 2.05) is 31.2 Å². The van der Waals surface area contributed by atoms with Crippen LogP contribution in [0, 0.1) is 6.92 Å². The van der Waals surface area contributed by atoms with Crippen LogP contribution in [-0.4, -0.2) is 17.7 Å². The SMILES string of the molecule is Cc1ccccc1CN(Cc1cccnc1)S(=O)(=O)Cc1cccc(C(F)(F)F)c1. The highest BCUT2D eigenvalue weighted by Crippen LogP contribution is 2.30. The predicted octanol–water partition coefficient (Wildman–Crippen LogP) is 4.94. The lowest BCUT2D eigenvalue weighted by atomic mass is 10.1. The Hall–Kier alpha value is -2.71. The highest BCUT2D eigenvalue weighted by Gasteiger charge is 2.31. The molecule has 1 aromatic heterocycles. The predicted molar refractivity (Wildman–Crippen MR) is 109 cm³/mol. The highest BCUT2D eigenvalue weighted by molar-refractivity contribution is 7.88. The van der Waals surface area contributed by atoms with Gasteiger partial charge in [-0.15, -0.1) is 0 Å². The van der Waals surface area contributed by atoms with Gasteiger partial charge in [0.15, 0.2) is 0 Å². The molecule has 0 saturated heterocycles. The summed E-state index contributed by atoms with van der Waals surface area (Å²) in [5.74, 6) is -0.525. The average molecular weight is 434 g/mol. The lowest BCUT2D eigenvalue weighted by Crippen LogP contribution is -2.31. The molecule has 3 rings (SSSR count). The third-order valence-corrected chi connectivity index (χ3v) is 6.43. The highest BCUT2D eigenvalue weighted by atomic mass is 32.2. The van der Waals surface area contributed by atoms with Crippen LogP contribution in [0.2, 0.25) is 0 Å². The quantitative estimate of drug-likeness (QED) is 0.529. The number of halogens is 3. The summed E-state index contributed by atoms with van der Waals surface area (Å²) in [7, 11) is -3.91. The van der Waals surface area contributed by atoms with Gasteiger partial charge in [0.1, 0.15) is 0 Å². The number of sulfonamides is 1. The van der Waals surface area contributed by atoms with E-state index in [0.29, 0.717) is 5.56 Å². The first kappa shape index (κ1) is 22.0. The smallest absolute Gasteiger partial charge is 0.264 e. The van der Waals surface area contributed by atoms with Gasteiger partial charge >= 0.3 is 6.18 Å². The molecule has 0 saturated carbocycles. The van der Waals surface area contributed by atoms with Crippen molar-refractivity contribution in [3.8, 4) is 0 Å². The van der Waals surface area contributed by atoms with Crippen molar-refractivity contribution in [2.45, 2.75) is 31.9 Å². The molecule has 158 valence electrons. The van der Waals surface area contributed by atoms with Crippen molar-refractivity contribution in [2.24, 2.45) is 0 Å². The maximum Gasteiger partial charge on any atom is 0.416 e. The molecule has 0 radical (unpaired) electrons. The summed E-state index contributed by atoms with van der Waals surface area (Å²) in [4.78, 5) is 4.02. The number of rotatable bonds is 7. The van der Waals surface area contributed by atoms with Crippen LogP contribution in [0.15, 0.2) is 73.1 Å². The molecule has 0 aliphatic carbocycles. The van der Waals surface area contributed by atoms with Crippen molar-refractivity contribution in [3.05, 3.63) is 101 Å². The minimum Gasteiger partial charge on any atom is -0.264 e. The molecule has 2 aromatic carbocycles. The van der Waals surface area contributed by atoms with E-state index < -0.39 is 27.5 Å². The molecule has 0 fully saturated rings. The first-order chi connectivity index (χ1) is 14.1. The zero-order chi connectivity index (χ0) is 21.8. The lowest BCUT2D eigenvalue weighted by molar-refractivity contribution is -0.137. The lowest BCUT2D eigenvalue weighted by Gasteiger charge is -2.23. The molecule has 0 atom stereocenters. The monoisotopic (exact) mass is 434 g/mol. The van der Waals surface area contributed by atoms with Gasteiger partial charge in [-0.05, 0) is 41.3 Å². The Balaban J connectivity index is 1.92. The van der Waals surface area contributed by atoms with Gasteiger partial charge in [0.05, 0.1) is 11.3 Å².